The minimum Gasteiger partial charge on any atom is -0.459 e. The molecule has 35 heavy (non-hydrogen) atoms. The van der Waals surface area contributed by atoms with E-state index in [1.54, 1.807) is 13.8 Å². The molecule has 0 heterocycles. The van der Waals surface area contributed by atoms with Crippen LogP contribution in [0.5, 0.6) is 5.75 Å². The smallest absolute Gasteiger partial charge is 0.352 e. The van der Waals surface area contributed by atoms with Crippen molar-refractivity contribution >= 4 is 29.8 Å². The van der Waals surface area contributed by atoms with Crippen molar-refractivity contribution in [2.24, 2.45) is 11.8 Å². The topological polar surface area (TPSA) is 134 Å². The summed E-state index contributed by atoms with van der Waals surface area (Å²) in [5, 5.41) is 2.69. The SMILES string of the molecule is CC(=O)Oc1ccc(C(OC(C)=O)C(=O)OCC(C)OC(=O)[C@@H](NC(=O)CC(C)C)C(C)C)cc1. The number of ether oxygens (including phenoxy) is 4. The fourth-order valence-corrected chi connectivity index (χ4v) is 2.98. The van der Waals surface area contributed by atoms with Gasteiger partial charge in [0, 0.05) is 25.8 Å². The van der Waals surface area contributed by atoms with Crippen LogP contribution in [0.15, 0.2) is 24.3 Å². The third kappa shape index (κ3) is 11.0. The largest absolute Gasteiger partial charge is 0.459 e. The minimum atomic E-state index is -1.36. The van der Waals surface area contributed by atoms with Crippen molar-refractivity contribution in [3.05, 3.63) is 29.8 Å². The van der Waals surface area contributed by atoms with E-state index in [4.69, 9.17) is 18.9 Å². The second kappa shape index (κ2) is 14.1. The Morgan fingerprint density at radius 3 is 1.91 bits per heavy atom. The van der Waals surface area contributed by atoms with Crippen LogP contribution in [0.25, 0.3) is 0 Å². The Bertz CT molecular complexity index is 893. The highest BCUT2D eigenvalue weighted by molar-refractivity contribution is 5.85. The highest BCUT2D eigenvalue weighted by atomic mass is 16.6. The van der Waals surface area contributed by atoms with Crippen LogP contribution in [0.2, 0.25) is 0 Å². The molecule has 1 aromatic rings. The van der Waals surface area contributed by atoms with Gasteiger partial charge in [0.1, 0.15) is 24.5 Å². The molecule has 1 N–H and O–H groups in total. The Labute approximate surface area is 205 Å². The van der Waals surface area contributed by atoms with E-state index in [0.717, 1.165) is 6.92 Å². The lowest BCUT2D eigenvalue weighted by molar-refractivity contribution is -0.172. The number of carbonyl (C=O) groups is 5. The monoisotopic (exact) mass is 493 g/mol. The van der Waals surface area contributed by atoms with Gasteiger partial charge in [-0.25, -0.2) is 9.59 Å². The number of rotatable bonds is 12. The van der Waals surface area contributed by atoms with Crippen molar-refractivity contribution in [3.8, 4) is 5.75 Å². The Kier molecular flexibility index (Phi) is 11.9. The number of amides is 1. The summed E-state index contributed by atoms with van der Waals surface area (Å²) in [5.41, 5.74) is 0.304. The van der Waals surface area contributed by atoms with Gasteiger partial charge in [0.2, 0.25) is 12.0 Å². The van der Waals surface area contributed by atoms with Crippen LogP contribution in [0.3, 0.4) is 0 Å². The summed E-state index contributed by atoms with van der Waals surface area (Å²) in [6, 6.07) is 4.98. The van der Waals surface area contributed by atoms with Gasteiger partial charge in [0.05, 0.1) is 0 Å². The van der Waals surface area contributed by atoms with Crippen molar-refractivity contribution in [2.45, 2.75) is 73.1 Å². The first-order chi connectivity index (χ1) is 16.3. The van der Waals surface area contributed by atoms with Gasteiger partial charge < -0.3 is 24.3 Å². The summed E-state index contributed by atoms with van der Waals surface area (Å²) in [7, 11) is 0. The van der Waals surface area contributed by atoms with Crippen LogP contribution in [0.1, 0.15) is 66.6 Å². The average molecular weight is 494 g/mol. The first kappa shape index (κ1) is 29.6. The zero-order valence-electron chi connectivity index (χ0n) is 21.3. The molecule has 0 aliphatic rings. The molecule has 0 saturated heterocycles. The van der Waals surface area contributed by atoms with Crippen LogP contribution in [0.4, 0.5) is 0 Å². The maximum atomic E-state index is 12.6. The van der Waals surface area contributed by atoms with E-state index in [1.165, 1.54) is 38.1 Å². The molecule has 0 aliphatic carbocycles. The summed E-state index contributed by atoms with van der Waals surface area (Å²) < 4.78 is 20.6. The van der Waals surface area contributed by atoms with Crippen LogP contribution in [-0.2, 0) is 38.2 Å². The molecule has 0 saturated carbocycles. The number of esters is 4. The second-order valence-electron chi connectivity index (χ2n) is 8.92. The second-order valence-corrected chi connectivity index (χ2v) is 8.92. The highest BCUT2D eigenvalue weighted by Gasteiger charge is 2.29. The predicted molar refractivity (Wildman–Crippen MR) is 125 cm³/mol. The van der Waals surface area contributed by atoms with Crippen molar-refractivity contribution in [1.82, 2.24) is 5.32 Å². The molecule has 0 radical (unpaired) electrons. The molecule has 194 valence electrons. The fraction of sp³-hybridized carbons (Fsp3) is 0.560. The molecular weight excluding hydrogens is 458 g/mol. The maximum absolute atomic E-state index is 12.6. The highest BCUT2D eigenvalue weighted by Crippen LogP contribution is 2.23. The molecule has 1 aromatic carbocycles. The summed E-state index contributed by atoms with van der Waals surface area (Å²) in [5.74, 6) is -2.77. The predicted octanol–water partition coefficient (Wildman–Crippen LogP) is 2.88. The zero-order valence-corrected chi connectivity index (χ0v) is 21.3. The van der Waals surface area contributed by atoms with E-state index in [2.05, 4.69) is 5.32 Å². The molecule has 2 unspecified atom stereocenters. The molecule has 0 aliphatic heterocycles. The Morgan fingerprint density at radius 1 is 0.829 bits per heavy atom. The maximum Gasteiger partial charge on any atom is 0.352 e. The van der Waals surface area contributed by atoms with Crippen molar-refractivity contribution in [1.29, 1.82) is 0 Å². The number of benzene rings is 1. The third-order valence-corrected chi connectivity index (χ3v) is 4.55. The molecule has 0 aromatic heterocycles. The van der Waals surface area contributed by atoms with Gasteiger partial charge in [0.15, 0.2) is 0 Å². The van der Waals surface area contributed by atoms with Gasteiger partial charge in [-0.15, -0.1) is 0 Å². The molecule has 0 fully saturated rings. The summed E-state index contributed by atoms with van der Waals surface area (Å²) in [6.07, 6.45) is -1.90. The first-order valence-electron chi connectivity index (χ1n) is 11.4. The fourth-order valence-electron chi connectivity index (χ4n) is 2.98. The molecule has 1 rings (SSSR count). The van der Waals surface area contributed by atoms with Crippen molar-refractivity contribution in [2.75, 3.05) is 6.61 Å². The van der Waals surface area contributed by atoms with E-state index < -0.39 is 42.1 Å². The summed E-state index contributed by atoms with van der Waals surface area (Å²) >= 11 is 0. The number of hydrogen-bond donors (Lipinski definition) is 1. The zero-order chi connectivity index (χ0) is 26.7. The van der Waals surface area contributed by atoms with Gasteiger partial charge in [0.25, 0.3) is 0 Å². The summed E-state index contributed by atoms with van der Waals surface area (Å²) in [6.45, 7) is 11.0. The lowest BCUT2D eigenvalue weighted by Gasteiger charge is -2.24. The molecule has 10 heteroatoms. The Balaban J connectivity index is 2.77. The van der Waals surface area contributed by atoms with Gasteiger partial charge in [-0.3, -0.25) is 14.4 Å². The molecular formula is C25H35NO9. The quantitative estimate of drug-likeness (QED) is 0.265. The first-order valence-corrected chi connectivity index (χ1v) is 11.4. The van der Waals surface area contributed by atoms with Crippen LogP contribution >= 0.6 is 0 Å². The number of nitrogens with one attached hydrogen (secondary N) is 1. The molecule has 1 amide bonds. The lowest BCUT2D eigenvalue weighted by atomic mass is 10.0. The van der Waals surface area contributed by atoms with Gasteiger partial charge in [-0.1, -0.05) is 39.8 Å². The molecule has 3 atom stereocenters. The standard InChI is InChI=1S/C25H35NO9/c1-14(2)12-21(29)26-22(15(3)4)24(30)33-16(5)13-32-25(31)23(35-18(7)28)19-8-10-20(11-9-19)34-17(6)27/h8-11,14-16,22-23H,12-13H2,1-7H3,(H,26,29)/t16?,22-,23?/m0/s1. The van der Waals surface area contributed by atoms with E-state index in [0.29, 0.717) is 5.56 Å². The van der Waals surface area contributed by atoms with Gasteiger partial charge in [-0.2, -0.15) is 0 Å². The molecule has 10 nitrogen and oxygen atoms in total. The van der Waals surface area contributed by atoms with Crippen LogP contribution in [0, 0.1) is 11.8 Å². The van der Waals surface area contributed by atoms with Gasteiger partial charge in [-0.05, 0) is 30.9 Å². The van der Waals surface area contributed by atoms with Crippen molar-refractivity contribution < 1.29 is 42.9 Å². The van der Waals surface area contributed by atoms with E-state index in [1.807, 2.05) is 13.8 Å². The normalized spacial score (nSPS) is 13.4. The minimum absolute atomic E-state index is 0.139. The summed E-state index contributed by atoms with van der Waals surface area (Å²) in [4.78, 5) is 59.9. The number of carbonyl (C=O) groups excluding carboxylic acids is 5. The average Bonchev–Trinajstić information content (AvgIpc) is 2.73. The third-order valence-electron chi connectivity index (χ3n) is 4.55. The Morgan fingerprint density at radius 2 is 1.43 bits per heavy atom. The lowest BCUT2D eigenvalue weighted by Crippen LogP contribution is -2.46. The molecule has 0 spiro atoms. The Hall–Kier alpha value is -3.43. The van der Waals surface area contributed by atoms with Gasteiger partial charge >= 0.3 is 23.9 Å². The van der Waals surface area contributed by atoms with E-state index >= 15 is 0 Å². The molecule has 0 bridgehead atoms. The van der Waals surface area contributed by atoms with E-state index in [-0.39, 0.29) is 36.5 Å². The number of hydrogen-bond acceptors (Lipinski definition) is 9. The van der Waals surface area contributed by atoms with Crippen molar-refractivity contribution in [3.63, 3.8) is 0 Å². The van der Waals surface area contributed by atoms with E-state index in [9.17, 15) is 24.0 Å². The van der Waals surface area contributed by atoms with Crippen LogP contribution in [-0.4, -0.2) is 48.5 Å². The van der Waals surface area contributed by atoms with Crippen LogP contribution < -0.4 is 10.1 Å².